The lowest BCUT2D eigenvalue weighted by Crippen LogP contribution is -2.32. The highest BCUT2D eigenvalue weighted by molar-refractivity contribution is 5.92. The second-order valence-corrected chi connectivity index (χ2v) is 9.67. The molecular formula is C27H33N5. The predicted octanol–water partition coefficient (Wildman–Crippen LogP) is 6.07. The first-order valence-corrected chi connectivity index (χ1v) is 11.8. The van der Waals surface area contributed by atoms with Gasteiger partial charge in [0.1, 0.15) is 0 Å². The Morgan fingerprint density at radius 3 is 2.47 bits per heavy atom. The molecule has 3 aromatic heterocycles. The zero-order valence-corrected chi connectivity index (χ0v) is 19.6. The number of likely N-dealkylation sites (tertiary alicyclic amines) is 1. The fourth-order valence-corrected chi connectivity index (χ4v) is 5.34. The van der Waals surface area contributed by atoms with Crippen LogP contribution in [-0.2, 0) is 6.54 Å². The molecule has 1 aromatic carbocycles. The molecule has 1 aliphatic heterocycles. The molecule has 4 aromatic rings. The second kappa shape index (κ2) is 8.55. The number of aryl methyl sites for hydroxylation is 2. The quantitative estimate of drug-likeness (QED) is 0.406. The number of aromatic nitrogens is 4. The first-order valence-electron chi connectivity index (χ1n) is 11.8. The van der Waals surface area contributed by atoms with Crippen LogP contribution in [0.25, 0.3) is 22.2 Å². The first kappa shape index (κ1) is 21.0. The highest BCUT2D eigenvalue weighted by atomic mass is 15.1. The smallest absolute Gasteiger partial charge is 0.0532 e. The summed E-state index contributed by atoms with van der Waals surface area (Å²) in [5.74, 6) is 1.07. The number of benzene rings is 1. The van der Waals surface area contributed by atoms with Crippen LogP contribution in [0.1, 0.15) is 66.6 Å². The Hall–Kier alpha value is -2.92. The van der Waals surface area contributed by atoms with Crippen LogP contribution >= 0.6 is 0 Å². The number of fused-ring (bicyclic) bond motifs is 1. The van der Waals surface area contributed by atoms with Crippen molar-refractivity contribution in [3.8, 4) is 11.3 Å². The standard InChI is InChI=1S/C27H33N5/c1-17(2)26-24-13-22(21-7-9-32(10-8-21)16-20-14-28-29-15-20)5-6-25(24)31-27(26)23-11-18(3)30-19(4)12-23/h5-6,11-15,17,21,31H,7-10,16H2,1-4H3,(H,28,29). The predicted molar refractivity (Wildman–Crippen MR) is 131 cm³/mol. The van der Waals surface area contributed by atoms with Crippen LogP contribution in [0, 0.1) is 13.8 Å². The second-order valence-electron chi connectivity index (χ2n) is 9.67. The maximum absolute atomic E-state index is 4.57. The van der Waals surface area contributed by atoms with Crippen molar-refractivity contribution < 1.29 is 0 Å². The zero-order valence-electron chi connectivity index (χ0n) is 19.6. The third-order valence-corrected chi connectivity index (χ3v) is 6.83. The molecule has 0 unspecified atom stereocenters. The van der Waals surface area contributed by atoms with Gasteiger partial charge in [0.25, 0.3) is 0 Å². The number of aromatic amines is 2. The van der Waals surface area contributed by atoms with Crippen molar-refractivity contribution in [3.63, 3.8) is 0 Å². The Labute approximate surface area is 190 Å². The number of piperidine rings is 1. The maximum Gasteiger partial charge on any atom is 0.0532 e. The van der Waals surface area contributed by atoms with Crippen molar-refractivity contribution in [3.05, 3.63) is 70.8 Å². The average Bonchev–Trinajstić information content (AvgIpc) is 3.40. The van der Waals surface area contributed by atoms with E-state index in [1.54, 1.807) is 0 Å². The first-order chi connectivity index (χ1) is 15.5. The van der Waals surface area contributed by atoms with Gasteiger partial charge in [-0.25, -0.2) is 0 Å². The Kier molecular flexibility index (Phi) is 5.60. The van der Waals surface area contributed by atoms with Gasteiger partial charge >= 0.3 is 0 Å². The number of H-pyrrole nitrogens is 2. The molecule has 0 saturated carbocycles. The van der Waals surface area contributed by atoms with E-state index in [1.807, 2.05) is 12.4 Å². The van der Waals surface area contributed by atoms with Crippen LogP contribution in [0.3, 0.4) is 0 Å². The van der Waals surface area contributed by atoms with Crippen molar-refractivity contribution in [2.45, 2.75) is 58.9 Å². The largest absolute Gasteiger partial charge is 0.354 e. The van der Waals surface area contributed by atoms with Gasteiger partial charge < -0.3 is 4.98 Å². The van der Waals surface area contributed by atoms with Crippen LogP contribution in [0.2, 0.25) is 0 Å². The van der Waals surface area contributed by atoms with Gasteiger partial charge in [-0.1, -0.05) is 19.9 Å². The summed E-state index contributed by atoms with van der Waals surface area (Å²) in [5.41, 5.74) is 10.0. The fraction of sp³-hybridized carbons (Fsp3) is 0.407. The number of rotatable bonds is 5. The lowest BCUT2D eigenvalue weighted by Gasteiger charge is -2.32. The van der Waals surface area contributed by atoms with Crippen molar-refractivity contribution in [2.75, 3.05) is 13.1 Å². The Balaban J connectivity index is 1.43. The summed E-state index contributed by atoms with van der Waals surface area (Å²) in [4.78, 5) is 10.8. The molecule has 0 aliphatic carbocycles. The Morgan fingerprint density at radius 1 is 1.06 bits per heavy atom. The summed E-state index contributed by atoms with van der Waals surface area (Å²) in [5, 5.41) is 8.37. The van der Waals surface area contributed by atoms with Crippen LogP contribution in [0.15, 0.2) is 42.7 Å². The summed E-state index contributed by atoms with van der Waals surface area (Å²) in [6.45, 7) is 12.0. The minimum absolute atomic E-state index is 0.444. The lowest BCUT2D eigenvalue weighted by atomic mass is 9.87. The summed E-state index contributed by atoms with van der Waals surface area (Å²) in [7, 11) is 0. The van der Waals surface area contributed by atoms with E-state index in [1.165, 1.54) is 51.7 Å². The van der Waals surface area contributed by atoms with E-state index in [2.05, 4.69) is 83.1 Å². The molecule has 5 nitrogen and oxygen atoms in total. The number of pyridine rings is 1. The maximum atomic E-state index is 4.57. The third kappa shape index (κ3) is 4.09. The molecule has 2 N–H and O–H groups in total. The van der Waals surface area contributed by atoms with E-state index in [9.17, 15) is 0 Å². The van der Waals surface area contributed by atoms with Crippen molar-refractivity contribution >= 4 is 10.9 Å². The highest BCUT2D eigenvalue weighted by Crippen LogP contribution is 2.38. The molecule has 0 spiro atoms. The summed E-state index contributed by atoms with van der Waals surface area (Å²) in [6, 6.07) is 11.5. The molecular weight excluding hydrogens is 394 g/mol. The molecule has 1 saturated heterocycles. The normalized spacial score (nSPS) is 15.8. The molecule has 4 heterocycles. The third-order valence-electron chi connectivity index (χ3n) is 6.83. The molecule has 1 fully saturated rings. The van der Waals surface area contributed by atoms with Gasteiger partial charge in [-0.15, -0.1) is 0 Å². The minimum Gasteiger partial charge on any atom is -0.354 e. The summed E-state index contributed by atoms with van der Waals surface area (Å²) in [6.07, 6.45) is 6.35. The lowest BCUT2D eigenvalue weighted by molar-refractivity contribution is 0.204. The number of hydrogen-bond donors (Lipinski definition) is 2. The van der Waals surface area contributed by atoms with Gasteiger partial charge in [-0.2, -0.15) is 5.10 Å². The molecule has 0 bridgehead atoms. The summed E-state index contributed by atoms with van der Waals surface area (Å²) < 4.78 is 0. The molecule has 0 radical (unpaired) electrons. The Morgan fingerprint density at radius 2 is 1.81 bits per heavy atom. The SMILES string of the molecule is Cc1cc(-c2[nH]c3ccc(C4CCN(Cc5cn[nH]c5)CC4)cc3c2C(C)C)cc(C)n1. The molecule has 5 heteroatoms. The van der Waals surface area contributed by atoms with E-state index in [0.717, 1.165) is 31.0 Å². The van der Waals surface area contributed by atoms with E-state index in [-0.39, 0.29) is 0 Å². The monoisotopic (exact) mass is 427 g/mol. The van der Waals surface area contributed by atoms with E-state index in [4.69, 9.17) is 0 Å². The van der Waals surface area contributed by atoms with Crippen LogP contribution in [-0.4, -0.2) is 38.2 Å². The van der Waals surface area contributed by atoms with Gasteiger partial charge in [0.05, 0.1) is 11.9 Å². The highest BCUT2D eigenvalue weighted by Gasteiger charge is 2.23. The molecule has 0 atom stereocenters. The van der Waals surface area contributed by atoms with Gasteiger partial charge in [0, 0.05) is 46.2 Å². The number of nitrogens with zero attached hydrogens (tertiary/aromatic N) is 3. The van der Waals surface area contributed by atoms with Gasteiger partial charge in [-0.05, 0) is 87.0 Å². The van der Waals surface area contributed by atoms with E-state index < -0.39 is 0 Å². The topological polar surface area (TPSA) is 60.6 Å². The average molecular weight is 428 g/mol. The number of nitrogens with one attached hydrogen (secondary N) is 2. The van der Waals surface area contributed by atoms with Crippen LogP contribution < -0.4 is 0 Å². The zero-order chi connectivity index (χ0) is 22.2. The molecule has 0 amide bonds. The van der Waals surface area contributed by atoms with E-state index in [0.29, 0.717) is 11.8 Å². The van der Waals surface area contributed by atoms with Crippen molar-refractivity contribution in [1.82, 2.24) is 25.1 Å². The molecule has 5 rings (SSSR count). The van der Waals surface area contributed by atoms with Gasteiger partial charge in [0.2, 0.25) is 0 Å². The molecule has 1 aliphatic rings. The van der Waals surface area contributed by atoms with Crippen LogP contribution in [0.4, 0.5) is 0 Å². The summed E-state index contributed by atoms with van der Waals surface area (Å²) >= 11 is 0. The van der Waals surface area contributed by atoms with Crippen molar-refractivity contribution in [1.29, 1.82) is 0 Å². The van der Waals surface area contributed by atoms with E-state index >= 15 is 0 Å². The molecule has 32 heavy (non-hydrogen) atoms. The Bertz CT molecular complexity index is 1190. The van der Waals surface area contributed by atoms with Crippen molar-refractivity contribution in [2.24, 2.45) is 0 Å². The fourth-order valence-electron chi connectivity index (χ4n) is 5.34. The van der Waals surface area contributed by atoms with Gasteiger partial charge in [0.15, 0.2) is 0 Å². The molecule has 166 valence electrons. The van der Waals surface area contributed by atoms with Gasteiger partial charge in [-0.3, -0.25) is 15.0 Å². The van der Waals surface area contributed by atoms with Crippen LogP contribution in [0.5, 0.6) is 0 Å². The number of hydrogen-bond acceptors (Lipinski definition) is 3. The minimum atomic E-state index is 0.444.